The van der Waals surface area contributed by atoms with Gasteiger partial charge in [0.2, 0.25) is 11.8 Å². The van der Waals surface area contributed by atoms with Crippen LogP contribution >= 0.6 is 23.2 Å². The Morgan fingerprint density at radius 2 is 1.31 bits per heavy atom. The zero-order valence-electron chi connectivity index (χ0n) is 18.9. The largest absolute Gasteiger partial charge is 0.389 e. The summed E-state index contributed by atoms with van der Waals surface area (Å²) < 4.78 is 0. The summed E-state index contributed by atoms with van der Waals surface area (Å²) in [5.41, 5.74) is -0.113. The molecule has 0 aliphatic heterocycles. The van der Waals surface area contributed by atoms with E-state index in [1.807, 2.05) is 0 Å². The Hall–Kier alpha value is -3.19. The number of rotatable bonds is 5. The highest BCUT2D eigenvalue weighted by molar-refractivity contribution is 6.31. The normalized spacial score (nSPS) is 24.0. The highest BCUT2D eigenvalue weighted by Crippen LogP contribution is 2.46. The molecule has 1 aliphatic carbocycles. The van der Waals surface area contributed by atoms with Crippen molar-refractivity contribution in [3.05, 3.63) is 94.5 Å². The van der Waals surface area contributed by atoms with Crippen LogP contribution in [0.15, 0.2) is 78.9 Å². The van der Waals surface area contributed by atoms with Crippen molar-refractivity contribution in [2.75, 3.05) is 10.6 Å². The first kappa shape index (κ1) is 24.9. The zero-order chi connectivity index (χ0) is 25.2. The van der Waals surface area contributed by atoms with E-state index in [4.69, 9.17) is 23.2 Å². The third-order valence-electron chi connectivity index (χ3n) is 6.24. The van der Waals surface area contributed by atoms with Gasteiger partial charge in [-0.3, -0.25) is 14.4 Å². The topological polar surface area (TPSA) is 95.5 Å². The fourth-order valence-corrected chi connectivity index (χ4v) is 4.93. The van der Waals surface area contributed by atoms with E-state index in [0.29, 0.717) is 27.0 Å². The lowest BCUT2D eigenvalue weighted by Gasteiger charge is -2.44. The molecule has 1 fully saturated rings. The number of halogens is 2. The Morgan fingerprint density at radius 1 is 0.829 bits per heavy atom. The Kier molecular flexibility index (Phi) is 7.26. The maximum absolute atomic E-state index is 13.6. The van der Waals surface area contributed by atoms with E-state index in [0.717, 1.165) is 0 Å². The number of benzene rings is 3. The van der Waals surface area contributed by atoms with Crippen LogP contribution in [0.25, 0.3) is 0 Å². The molecule has 3 aromatic carbocycles. The quantitative estimate of drug-likeness (QED) is 0.405. The first-order chi connectivity index (χ1) is 16.7. The van der Waals surface area contributed by atoms with Crippen LogP contribution in [0.1, 0.15) is 24.8 Å². The molecule has 2 amide bonds. The van der Waals surface area contributed by atoms with Crippen molar-refractivity contribution in [2.24, 2.45) is 11.8 Å². The smallest absolute Gasteiger partial charge is 0.235 e. The number of hydrogen-bond donors (Lipinski definition) is 3. The van der Waals surface area contributed by atoms with Gasteiger partial charge in [-0.25, -0.2) is 0 Å². The lowest BCUT2D eigenvalue weighted by Crippen LogP contribution is -2.56. The molecule has 0 spiro atoms. The molecule has 6 nitrogen and oxygen atoms in total. The number of ketones is 1. The van der Waals surface area contributed by atoms with Gasteiger partial charge in [0.25, 0.3) is 0 Å². The maximum atomic E-state index is 13.6. The van der Waals surface area contributed by atoms with Crippen LogP contribution in [0.3, 0.4) is 0 Å². The second kappa shape index (κ2) is 10.2. The summed E-state index contributed by atoms with van der Waals surface area (Å²) in [4.78, 5) is 40.2. The lowest BCUT2D eigenvalue weighted by atomic mass is 9.61. The molecule has 0 heterocycles. The highest BCUT2D eigenvalue weighted by atomic mass is 35.5. The van der Waals surface area contributed by atoms with Crippen molar-refractivity contribution in [3.8, 4) is 0 Å². The van der Waals surface area contributed by atoms with Gasteiger partial charge in [0.15, 0.2) is 0 Å². The monoisotopic (exact) mass is 510 g/mol. The van der Waals surface area contributed by atoms with E-state index < -0.39 is 41.0 Å². The van der Waals surface area contributed by atoms with E-state index in [2.05, 4.69) is 10.6 Å². The molecular formula is C27H24Cl2N2O4. The Bertz CT molecular complexity index is 1230. The van der Waals surface area contributed by atoms with E-state index in [1.165, 1.54) is 6.92 Å². The fraction of sp³-hybridized carbons (Fsp3) is 0.222. The highest BCUT2D eigenvalue weighted by Gasteiger charge is 2.55. The summed E-state index contributed by atoms with van der Waals surface area (Å²) in [6.07, 6.45) is -0.340. The van der Waals surface area contributed by atoms with Crippen LogP contribution < -0.4 is 10.6 Å². The Morgan fingerprint density at radius 3 is 1.83 bits per heavy atom. The number of aliphatic hydroxyl groups is 1. The van der Waals surface area contributed by atoms with Gasteiger partial charge in [-0.1, -0.05) is 53.5 Å². The van der Waals surface area contributed by atoms with Crippen LogP contribution in [0.2, 0.25) is 10.0 Å². The summed E-state index contributed by atoms with van der Waals surface area (Å²) in [6, 6.07) is 21.9. The molecule has 8 heteroatoms. The minimum Gasteiger partial charge on any atom is -0.389 e. The lowest BCUT2D eigenvalue weighted by molar-refractivity contribution is -0.150. The van der Waals surface area contributed by atoms with Crippen molar-refractivity contribution in [3.63, 3.8) is 0 Å². The van der Waals surface area contributed by atoms with Gasteiger partial charge in [-0.2, -0.15) is 0 Å². The SMILES string of the molecule is C[C@]1(O)CC(=O)[C@H](C(=O)Nc2ccc(Cl)cc2)[C@H](c2ccccc2)[C@H]1C(=O)Nc1ccc(Cl)cc1. The summed E-state index contributed by atoms with van der Waals surface area (Å²) in [7, 11) is 0. The van der Waals surface area contributed by atoms with Gasteiger partial charge in [-0.05, 0) is 61.0 Å². The van der Waals surface area contributed by atoms with Gasteiger partial charge < -0.3 is 15.7 Å². The van der Waals surface area contributed by atoms with Crippen molar-refractivity contribution in [1.29, 1.82) is 0 Å². The van der Waals surface area contributed by atoms with Crippen LogP contribution in [0.4, 0.5) is 11.4 Å². The number of nitrogens with one attached hydrogen (secondary N) is 2. The van der Waals surface area contributed by atoms with Crippen molar-refractivity contribution in [1.82, 2.24) is 0 Å². The number of carbonyl (C=O) groups is 3. The van der Waals surface area contributed by atoms with E-state index >= 15 is 0 Å². The molecule has 3 N–H and O–H groups in total. The Balaban J connectivity index is 1.73. The summed E-state index contributed by atoms with van der Waals surface area (Å²) in [5, 5.41) is 17.9. The first-order valence-electron chi connectivity index (χ1n) is 11.1. The molecule has 0 unspecified atom stereocenters. The zero-order valence-corrected chi connectivity index (χ0v) is 20.4. The second-order valence-electron chi connectivity index (χ2n) is 8.88. The van der Waals surface area contributed by atoms with Crippen LogP contribution in [-0.2, 0) is 14.4 Å². The molecule has 0 saturated heterocycles. The predicted molar refractivity (Wildman–Crippen MR) is 137 cm³/mol. The second-order valence-corrected chi connectivity index (χ2v) is 9.76. The molecule has 4 atom stereocenters. The van der Waals surface area contributed by atoms with Crippen LogP contribution in [0.5, 0.6) is 0 Å². The molecule has 35 heavy (non-hydrogen) atoms. The molecule has 0 radical (unpaired) electrons. The third-order valence-corrected chi connectivity index (χ3v) is 6.74. The number of amides is 2. The number of hydrogen-bond acceptors (Lipinski definition) is 4. The van der Waals surface area contributed by atoms with E-state index in [-0.39, 0.29) is 6.42 Å². The molecule has 1 aliphatic rings. The van der Waals surface area contributed by atoms with Crippen molar-refractivity contribution < 1.29 is 19.5 Å². The first-order valence-corrected chi connectivity index (χ1v) is 11.8. The molecule has 1 saturated carbocycles. The number of Topliss-reactive ketones (excluding diaryl/α,β-unsaturated/α-hetero) is 1. The summed E-state index contributed by atoms with van der Waals surface area (Å²) in [6.45, 7) is 1.46. The molecule has 0 bridgehead atoms. The minimum absolute atomic E-state index is 0.340. The molecule has 0 aromatic heterocycles. The van der Waals surface area contributed by atoms with Crippen molar-refractivity contribution in [2.45, 2.75) is 24.9 Å². The Labute approximate surface area is 213 Å². The van der Waals surface area contributed by atoms with Gasteiger partial charge in [-0.15, -0.1) is 0 Å². The van der Waals surface area contributed by atoms with Crippen LogP contribution in [-0.4, -0.2) is 28.3 Å². The van der Waals surface area contributed by atoms with E-state index in [1.54, 1.807) is 78.9 Å². The van der Waals surface area contributed by atoms with Gasteiger partial charge in [0.05, 0.1) is 11.5 Å². The molecule has 3 aromatic rings. The molecule has 180 valence electrons. The average Bonchev–Trinajstić information content (AvgIpc) is 2.81. The molecule has 4 rings (SSSR count). The minimum atomic E-state index is -1.68. The molecular weight excluding hydrogens is 487 g/mol. The number of anilines is 2. The fourth-order valence-electron chi connectivity index (χ4n) is 4.67. The average molecular weight is 511 g/mol. The number of carbonyl (C=O) groups excluding carboxylic acids is 3. The third kappa shape index (κ3) is 5.56. The summed E-state index contributed by atoms with van der Waals surface area (Å²) >= 11 is 11.9. The van der Waals surface area contributed by atoms with E-state index in [9.17, 15) is 19.5 Å². The van der Waals surface area contributed by atoms with Gasteiger partial charge in [0.1, 0.15) is 11.7 Å². The van der Waals surface area contributed by atoms with Gasteiger partial charge in [0, 0.05) is 33.8 Å². The van der Waals surface area contributed by atoms with Crippen LogP contribution in [0, 0.1) is 11.8 Å². The maximum Gasteiger partial charge on any atom is 0.235 e. The predicted octanol–water partition coefficient (Wildman–Crippen LogP) is 5.31. The standard InChI is InChI=1S/C27H24Cl2N2O4/c1-27(35)15-21(32)23(25(33)30-19-11-7-17(28)8-12-19)22(16-5-3-2-4-6-16)24(27)26(34)31-20-13-9-18(29)10-14-20/h2-14,22-24,35H,15H2,1H3,(H,30,33)(H,31,34)/t22-,23-,24-,27-/m0/s1. The van der Waals surface area contributed by atoms with Gasteiger partial charge >= 0.3 is 0 Å². The summed E-state index contributed by atoms with van der Waals surface area (Å²) in [5.74, 6) is -4.65. The van der Waals surface area contributed by atoms with Crippen molar-refractivity contribution >= 4 is 52.2 Å².